The van der Waals surface area contributed by atoms with Crippen molar-refractivity contribution in [1.29, 1.82) is 0 Å². The van der Waals surface area contributed by atoms with E-state index in [9.17, 15) is 4.79 Å². The van der Waals surface area contributed by atoms with Crippen LogP contribution in [0.15, 0.2) is 42.6 Å². The maximum Gasteiger partial charge on any atom is 0.251 e. The number of nitrogens with zero attached hydrogens (tertiary/aromatic N) is 1. The zero-order valence-electron chi connectivity index (χ0n) is 12.8. The van der Waals surface area contributed by atoms with Crippen molar-refractivity contribution in [2.45, 2.75) is 11.1 Å². The smallest absolute Gasteiger partial charge is 0.251 e. The summed E-state index contributed by atoms with van der Waals surface area (Å²) in [4.78, 5) is 16.3. The Morgan fingerprint density at radius 3 is 2.57 bits per heavy atom. The van der Waals surface area contributed by atoms with Crippen molar-refractivity contribution in [2.75, 3.05) is 18.6 Å². The van der Waals surface area contributed by atoms with Crippen molar-refractivity contribution >= 4 is 29.4 Å². The minimum atomic E-state index is -0.0703. The zero-order chi connectivity index (χ0) is 16.1. The van der Waals surface area contributed by atoms with Crippen LogP contribution in [-0.2, 0) is 6.54 Å². The summed E-state index contributed by atoms with van der Waals surface area (Å²) in [6, 6.07) is 11.6. The van der Waals surface area contributed by atoms with Crippen LogP contribution in [0.25, 0.3) is 0 Å². The molecule has 1 aromatic carbocycles. The van der Waals surface area contributed by atoms with Crippen LogP contribution >= 0.6 is 23.5 Å². The number of methoxy groups -OCH3 is 1. The Morgan fingerprint density at radius 1 is 1.22 bits per heavy atom. The molecule has 4 nitrogen and oxygen atoms in total. The SMILES string of the molecule is COc1ccc(CNC(=O)c2ccc(C3SCCS3)cc2)cn1. The van der Waals surface area contributed by atoms with Crippen LogP contribution in [0.5, 0.6) is 5.88 Å². The highest BCUT2D eigenvalue weighted by molar-refractivity contribution is 8.19. The van der Waals surface area contributed by atoms with E-state index in [0.717, 1.165) is 5.56 Å². The number of aromatic nitrogens is 1. The highest BCUT2D eigenvalue weighted by Gasteiger charge is 2.18. The summed E-state index contributed by atoms with van der Waals surface area (Å²) < 4.78 is 5.53. The third-order valence-electron chi connectivity index (χ3n) is 3.53. The zero-order valence-corrected chi connectivity index (χ0v) is 14.5. The number of pyridine rings is 1. The standard InChI is InChI=1S/C17H18N2O2S2/c1-21-15-7-2-12(10-18-15)11-19-16(20)13-3-5-14(6-4-13)17-22-8-9-23-17/h2-7,10,17H,8-9,11H2,1H3,(H,19,20). The van der Waals surface area contributed by atoms with Crippen molar-refractivity contribution in [3.8, 4) is 5.88 Å². The van der Waals surface area contributed by atoms with E-state index >= 15 is 0 Å². The summed E-state index contributed by atoms with van der Waals surface area (Å²) in [5.41, 5.74) is 2.91. The number of hydrogen-bond donors (Lipinski definition) is 1. The molecule has 1 fully saturated rings. The fourth-order valence-corrected chi connectivity index (χ4v) is 5.12. The Hall–Kier alpha value is -1.66. The first-order valence-electron chi connectivity index (χ1n) is 7.36. The maximum atomic E-state index is 12.2. The number of rotatable bonds is 5. The number of thioether (sulfide) groups is 2. The Kier molecular flexibility index (Phi) is 5.46. The van der Waals surface area contributed by atoms with Crippen LogP contribution in [0.1, 0.15) is 26.1 Å². The Labute approximate surface area is 144 Å². The van der Waals surface area contributed by atoms with Crippen molar-refractivity contribution in [2.24, 2.45) is 0 Å². The van der Waals surface area contributed by atoms with E-state index in [1.54, 1.807) is 19.4 Å². The third-order valence-corrected chi connectivity index (χ3v) is 6.63. The van der Waals surface area contributed by atoms with Gasteiger partial charge in [0.2, 0.25) is 5.88 Å². The quantitative estimate of drug-likeness (QED) is 0.898. The lowest BCUT2D eigenvalue weighted by Crippen LogP contribution is -2.22. The molecule has 1 N–H and O–H groups in total. The normalized spacial score (nSPS) is 14.7. The topological polar surface area (TPSA) is 51.2 Å². The number of carbonyl (C=O) groups excluding carboxylic acids is 1. The fourth-order valence-electron chi connectivity index (χ4n) is 2.26. The van der Waals surface area contributed by atoms with Gasteiger partial charge in [-0.25, -0.2) is 4.98 Å². The van der Waals surface area contributed by atoms with Gasteiger partial charge in [-0.2, -0.15) is 0 Å². The summed E-state index contributed by atoms with van der Waals surface area (Å²) in [6.45, 7) is 0.450. The molecule has 2 heterocycles. The average molecular weight is 346 g/mol. The molecule has 6 heteroatoms. The Balaban J connectivity index is 1.56. The lowest BCUT2D eigenvalue weighted by atomic mass is 10.1. The first-order valence-corrected chi connectivity index (χ1v) is 9.46. The largest absolute Gasteiger partial charge is 0.481 e. The molecule has 1 aromatic heterocycles. The van der Waals surface area contributed by atoms with Gasteiger partial charge in [0, 0.05) is 35.9 Å². The van der Waals surface area contributed by atoms with Gasteiger partial charge in [-0.05, 0) is 23.3 Å². The van der Waals surface area contributed by atoms with Crippen LogP contribution in [0, 0.1) is 0 Å². The van der Waals surface area contributed by atoms with E-state index in [4.69, 9.17) is 4.74 Å². The second-order valence-electron chi connectivity index (χ2n) is 5.09. The lowest BCUT2D eigenvalue weighted by molar-refractivity contribution is 0.0951. The molecule has 23 heavy (non-hydrogen) atoms. The van der Waals surface area contributed by atoms with E-state index in [2.05, 4.69) is 22.4 Å². The Morgan fingerprint density at radius 2 is 1.96 bits per heavy atom. The highest BCUT2D eigenvalue weighted by Crippen LogP contribution is 2.45. The molecule has 0 aliphatic carbocycles. The predicted molar refractivity (Wildman–Crippen MR) is 96.1 cm³/mol. The van der Waals surface area contributed by atoms with Crippen molar-refractivity contribution in [3.05, 3.63) is 59.3 Å². The number of carbonyl (C=O) groups is 1. The summed E-state index contributed by atoms with van der Waals surface area (Å²) >= 11 is 3.93. The van der Waals surface area contributed by atoms with Gasteiger partial charge in [0.05, 0.1) is 11.7 Å². The van der Waals surface area contributed by atoms with E-state index in [1.807, 2.05) is 41.7 Å². The molecule has 0 spiro atoms. The summed E-state index contributed by atoms with van der Waals surface area (Å²) in [5.74, 6) is 2.90. The number of amides is 1. The molecule has 0 bridgehead atoms. The van der Waals surface area contributed by atoms with Gasteiger partial charge < -0.3 is 10.1 Å². The summed E-state index contributed by atoms with van der Waals surface area (Å²) in [5, 5.41) is 2.91. The number of ether oxygens (including phenoxy) is 1. The van der Waals surface area contributed by atoms with Crippen LogP contribution in [0.4, 0.5) is 0 Å². The number of benzene rings is 1. The Bertz CT molecular complexity index is 653. The van der Waals surface area contributed by atoms with Crippen LogP contribution < -0.4 is 10.1 Å². The minimum Gasteiger partial charge on any atom is -0.481 e. The third kappa shape index (κ3) is 4.20. The monoisotopic (exact) mass is 346 g/mol. The van der Waals surface area contributed by atoms with E-state index < -0.39 is 0 Å². The van der Waals surface area contributed by atoms with Gasteiger partial charge in [0.15, 0.2) is 0 Å². The highest BCUT2D eigenvalue weighted by atomic mass is 32.2. The van der Waals surface area contributed by atoms with Crippen molar-refractivity contribution in [3.63, 3.8) is 0 Å². The molecule has 1 aliphatic heterocycles. The minimum absolute atomic E-state index is 0.0703. The van der Waals surface area contributed by atoms with E-state index in [1.165, 1.54) is 17.1 Å². The molecule has 2 aromatic rings. The van der Waals surface area contributed by atoms with Gasteiger partial charge in [-0.3, -0.25) is 4.79 Å². The van der Waals surface area contributed by atoms with E-state index in [0.29, 0.717) is 22.6 Å². The summed E-state index contributed by atoms with van der Waals surface area (Å²) in [6.07, 6.45) is 1.71. The molecule has 0 radical (unpaired) electrons. The molecular weight excluding hydrogens is 328 g/mol. The molecule has 1 amide bonds. The molecule has 0 saturated carbocycles. The van der Waals surface area contributed by atoms with E-state index in [-0.39, 0.29) is 5.91 Å². The number of nitrogens with one attached hydrogen (secondary N) is 1. The molecule has 0 atom stereocenters. The van der Waals surface area contributed by atoms with Crippen LogP contribution in [-0.4, -0.2) is 29.5 Å². The van der Waals surface area contributed by atoms with Gasteiger partial charge in [0.25, 0.3) is 5.91 Å². The van der Waals surface area contributed by atoms with Gasteiger partial charge in [-0.1, -0.05) is 18.2 Å². The molecule has 1 saturated heterocycles. The van der Waals surface area contributed by atoms with Gasteiger partial charge >= 0.3 is 0 Å². The predicted octanol–water partition coefficient (Wildman–Crippen LogP) is 3.50. The average Bonchev–Trinajstić information content (AvgIpc) is 3.15. The second-order valence-corrected chi connectivity index (χ2v) is 7.81. The molecule has 120 valence electrons. The molecular formula is C17H18N2O2S2. The summed E-state index contributed by atoms with van der Waals surface area (Å²) in [7, 11) is 1.58. The molecule has 0 unspecified atom stereocenters. The van der Waals surface area contributed by atoms with Gasteiger partial charge in [0.1, 0.15) is 0 Å². The number of hydrogen-bond acceptors (Lipinski definition) is 5. The fraction of sp³-hybridized carbons (Fsp3) is 0.294. The van der Waals surface area contributed by atoms with Crippen molar-refractivity contribution < 1.29 is 9.53 Å². The lowest BCUT2D eigenvalue weighted by Gasteiger charge is -2.10. The molecule has 1 aliphatic rings. The van der Waals surface area contributed by atoms with Gasteiger partial charge in [-0.15, -0.1) is 23.5 Å². The first-order chi connectivity index (χ1) is 11.3. The first kappa shape index (κ1) is 16.2. The second kappa shape index (κ2) is 7.75. The van der Waals surface area contributed by atoms with Crippen molar-refractivity contribution in [1.82, 2.24) is 10.3 Å². The van der Waals surface area contributed by atoms with Crippen LogP contribution in [0.2, 0.25) is 0 Å². The molecule has 3 rings (SSSR count). The maximum absolute atomic E-state index is 12.2. The van der Waals surface area contributed by atoms with Crippen LogP contribution in [0.3, 0.4) is 0 Å².